The molecule has 0 saturated carbocycles. The molecule has 0 aliphatic heterocycles. The number of para-hydroxylation sites is 1. The Morgan fingerprint density at radius 3 is 3.05 bits per heavy atom. The maximum Gasteiger partial charge on any atom is 0.241 e. The van der Waals surface area contributed by atoms with Crippen LogP contribution in [0.4, 0.5) is 5.13 Å². The third-order valence-electron chi connectivity index (χ3n) is 2.55. The van der Waals surface area contributed by atoms with Gasteiger partial charge in [0.05, 0.1) is 0 Å². The number of fused-ring (bicyclic) bond motifs is 1. The normalized spacial score (nSPS) is 10.8. The van der Waals surface area contributed by atoms with Crippen LogP contribution in [0.5, 0.6) is 0 Å². The minimum Gasteiger partial charge on any atom is -0.454 e. The summed E-state index contributed by atoms with van der Waals surface area (Å²) in [7, 11) is 0. The molecule has 6 heteroatoms. The number of carbonyl (C=O) groups is 1. The van der Waals surface area contributed by atoms with Gasteiger partial charge in [-0.25, -0.2) is 4.98 Å². The molecular weight excluding hydrogens is 284 g/mol. The summed E-state index contributed by atoms with van der Waals surface area (Å²) in [5.41, 5.74) is 1.52. The molecule has 0 radical (unpaired) electrons. The van der Waals surface area contributed by atoms with Crippen molar-refractivity contribution in [2.75, 3.05) is 11.2 Å². The molecule has 1 amide bonds. The zero-order valence-electron chi connectivity index (χ0n) is 9.72. The van der Waals surface area contributed by atoms with E-state index < -0.39 is 0 Å². The molecule has 96 valence electrons. The minimum absolute atomic E-state index is 0.0838. The summed E-state index contributed by atoms with van der Waals surface area (Å²) in [5, 5.41) is 5.99. The monoisotopic (exact) mass is 292 g/mol. The molecule has 0 bridgehead atoms. The summed E-state index contributed by atoms with van der Waals surface area (Å²) >= 11 is 6.76. The zero-order valence-corrected chi connectivity index (χ0v) is 11.3. The number of rotatable bonds is 3. The summed E-state index contributed by atoms with van der Waals surface area (Å²) in [6, 6.07) is 9.68. The summed E-state index contributed by atoms with van der Waals surface area (Å²) < 4.78 is 5.70. The van der Waals surface area contributed by atoms with Crippen molar-refractivity contribution in [3.05, 3.63) is 35.7 Å². The average molecular weight is 293 g/mol. The van der Waals surface area contributed by atoms with Gasteiger partial charge in [0.25, 0.3) is 0 Å². The smallest absolute Gasteiger partial charge is 0.241 e. The molecule has 1 N–H and O–H groups in total. The van der Waals surface area contributed by atoms with E-state index in [-0.39, 0.29) is 11.8 Å². The third kappa shape index (κ3) is 2.47. The number of halogens is 1. The molecule has 19 heavy (non-hydrogen) atoms. The molecule has 0 fully saturated rings. The Morgan fingerprint density at radius 1 is 1.42 bits per heavy atom. The molecule has 2 heterocycles. The van der Waals surface area contributed by atoms with E-state index in [2.05, 4.69) is 10.3 Å². The van der Waals surface area contributed by atoms with Crippen molar-refractivity contribution in [2.45, 2.75) is 0 Å². The number of carbonyl (C=O) groups excluding carboxylic acids is 1. The lowest BCUT2D eigenvalue weighted by Gasteiger charge is -1.95. The second-order valence-corrected chi connectivity index (χ2v) is 4.99. The first-order valence-electron chi connectivity index (χ1n) is 5.56. The van der Waals surface area contributed by atoms with Crippen molar-refractivity contribution >= 4 is 44.9 Å². The second kappa shape index (κ2) is 5.03. The van der Waals surface area contributed by atoms with Crippen molar-refractivity contribution < 1.29 is 9.21 Å². The van der Waals surface area contributed by atoms with E-state index in [9.17, 15) is 4.79 Å². The van der Waals surface area contributed by atoms with E-state index >= 15 is 0 Å². The van der Waals surface area contributed by atoms with Crippen LogP contribution in [0.15, 0.2) is 40.1 Å². The molecule has 3 rings (SSSR count). The molecule has 0 aliphatic rings. The summed E-state index contributed by atoms with van der Waals surface area (Å²) in [6.07, 6.45) is 0. The Bertz CT molecular complexity index is 702. The SMILES string of the molecule is O=C(CCl)Nc1nc(-c2cc3ccccc3o2)cs1. The number of furan rings is 1. The lowest BCUT2D eigenvalue weighted by atomic mass is 10.2. The lowest BCUT2D eigenvalue weighted by Crippen LogP contribution is -2.12. The van der Waals surface area contributed by atoms with Crippen LogP contribution in [0.1, 0.15) is 0 Å². The molecule has 0 atom stereocenters. The molecule has 0 saturated heterocycles. The van der Waals surface area contributed by atoms with Crippen molar-refractivity contribution in [1.29, 1.82) is 0 Å². The summed E-state index contributed by atoms with van der Waals surface area (Å²) in [4.78, 5) is 15.5. The fourth-order valence-electron chi connectivity index (χ4n) is 1.71. The van der Waals surface area contributed by atoms with Gasteiger partial charge in [-0.1, -0.05) is 18.2 Å². The molecular formula is C13H9ClN2O2S. The Kier molecular flexibility index (Phi) is 3.23. The van der Waals surface area contributed by atoms with E-state index in [1.54, 1.807) is 0 Å². The van der Waals surface area contributed by atoms with Crippen molar-refractivity contribution in [3.63, 3.8) is 0 Å². The number of anilines is 1. The average Bonchev–Trinajstić information content (AvgIpc) is 3.04. The van der Waals surface area contributed by atoms with Crippen molar-refractivity contribution in [3.8, 4) is 11.5 Å². The highest BCUT2D eigenvalue weighted by Crippen LogP contribution is 2.30. The highest BCUT2D eigenvalue weighted by Gasteiger charge is 2.11. The van der Waals surface area contributed by atoms with Gasteiger partial charge < -0.3 is 9.73 Å². The zero-order chi connectivity index (χ0) is 13.2. The lowest BCUT2D eigenvalue weighted by molar-refractivity contribution is -0.113. The van der Waals surface area contributed by atoms with Gasteiger partial charge in [-0.15, -0.1) is 22.9 Å². The number of hydrogen-bond donors (Lipinski definition) is 1. The van der Waals surface area contributed by atoms with Crippen LogP contribution < -0.4 is 5.32 Å². The number of benzene rings is 1. The fourth-order valence-corrected chi connectivity index (χ4v) is 2.49. The quantitative estimate of drug-likeness (QED) is 0.748. The van der Waals surface area contributed by atoms with Crippen LogP contribution in [-0.2, 0) is 4.79 Å². The van der Waals surface area contributed by atoms with E-state index in [4.69, 9.17) is 16.0 Å². The first kappa shape index (κ1) is 12.2. The van der Waals surface area contributed by atoms with Gasteiger partial charge in [0.2, 0.25) is 5.91 Å². The standard InChI is InChI=1S/C13H9ClN2O2S/c14-6-12(17)16-13-15-9(7-19-13)11-5-8-3-1-2-4-10(8)18-11/h1-5,7H,6H2,(H,15,16,17). The Balaban J connectivity index is 1.91. The molecule has 3 aromatic rings. The highest BCUT2D eigenvalue weighted by atomic mass is 35.5. The van der Waals surface area contributed by atoms with E-state index in [1.807, 2.05) is 35.7 Å². The third-order valence-corrected chi connectivity index (χ3v) is 3.55. The molecule has 0 spiro atoms. The van der Waals surface area contributed by atoms with Gasteiger partial charge in [-0.05, 0) is 12.1 Å². The number of amides is 1. The Morgan fingerprint density at radius 2 is 2.26 bits per heavy atom. The topological polar surface area (TPSA) is 55.1 Å². The number of hydrogen-bond acceptors (Lipinski definition) is 4. The van der Waals surface area contributed by atoms with Crippen LogP contribution in [0, 0.1) is 0 Å². The maximum absolute atomic E-state index is 11.2. The number of alkyl halides is 1. The first-order valence-corrected chi connectivity index (χ1v) is 6.98. The first-order chi connectivity index (χ1) is 9.26. The van der Waals surface area contributed by atoms with Crippen LogP contribution in [0.25, 0.3) is 22.4 Å². The largest absolute Gasteiger partial charge is 0.454 e. The molecule has 1 aromatic carbocycles. The van der Waals surface area contributed by atoms with Gasteiger partial charge in [-0.2, -0.15) is 0 Å². The highest BCUT2D eigenvalue weighted by molar-refractivity contribution is 7.14. The van der Waals surface area contributed by atoms with Crippen LogP contribution in [-0.4, -0.2) is 16.8 Å². The fraction of sp³-hybridized carbons (Fsp3) is 0.0769. The van der Waals surface area contributed by atoms with Gasteiger partial charge >= 0.3 is 0 Å². The summed E-state index contributed by atoms with van der Waals surface area (Å²) in [5.74, 6) is 0.329. The Labute approximate surface area is 118 Å². The molecule has 4 nitrogen and oxygen atoms in total. The van der Waals surface area contributed by atoms with Crippen LogP contribution >= 0.6 is 22.9 Å². The van der Waals surface area contributed by atoms with Crippen molar-refractivity contribution in [2.24, 2.45) is 0 Å². The number of nitrogens with zero attached hydrogens (tertiary/aromatic N) is 1. The van der Waals surface area contributed by atoms with Gasteiger partial charge in [0.15, 0.2) is 10.9 Å². The van der Waals surface area contributed by atoms with Gasteiger partial charge in [0, 0.05) is 10.8 Å². The van der Waals surface area contributed by atoms with E-state index in [1.165, 1.54) is 11.3 Å². The van der Waals surface area contributed by atoms with Gasteiger partial charge in [-0.3, -0.25) is 4.79 Å². The van der Waals surface area contributed by atoms with Crippen LogP contribution in [0.2, 0.25) is 0 Å². The van der Waals surface area contributed by atoms with Crippen LogP contribution in [0.3, 0.4) is 0 Å². The molecule has 0 unspecified atom stereocenters. The van der Waals surface area contributed by atoms with Crippen molar-refractivity contribution in [1.82, 2.24) is 4.98 Å². The predicted molar refractivity (Wildman–Crippen MR) is 76.7 cm³/mol. The number of aromatic nitrogens is 1. The number of thiazole rings is 1. The minimum atomic E-state index is -0.271. The Hall–Kier alpha value is -1.85. The predicted octanol–water partition coefficient (Wildman–Crippen LogP) is 3.73. The van der Waals surface area contributed by atoms with E-state index in [0.29, 0.717) is 16.6 Å². The van der Waals surface area contributed by atoms with E-state index in [0.717, 1.165) is 11.0 Å². The summed E-state index contributed by atoms with van der Waals surface area (Å²) in [6.45, 7) is 0. The van der Waals surface area contributed by atoms with Gasteiger partial charge in [0.1, 0.15) is 17.2 Å². The second-order valence-electron chi connectivity index (χ2n) is 3.87. The molecule has 0 aliphatic carbocycles. The maximum atomic E-state index is 11.2. The molecule has 2 aromatic heterocycles. The number of nitrogens with one attached hydrogen (secondary N) is 1.